The number of aliphatic hydroxyl groups excluding tert-OH is 2. The van der Waals surface area contributed by atoms with Crippen LogP contribution in [0.4, 0.5) is 0 Å². The van der Waals surface area contributed by atoms with Crippen molar-refractivity contribution in [3.63, 3.8) is 0 Å². The number of hydrogen-bond donors (Lipinski definition) is 2. The number of aliphatic hydroxyl groups is 2. The van der Waals surface area contributed by atoms with Gasteiger partial charge in [0.1, 0.15) is 5.78 Å². The fraction of sp³-hybridized carbons (Fsp3) is 0.842. The lowest BCUT2D eigenvalue weighted by Gasteiger charge is -2.20. The minimum absolute atomic E-state index is 0.00349. The van der Waals surface area contributed by atoms with Gasteiger partial charge in [-0.1, -0.05) is 32.4 Å². The van der Waals surface area contributed by atoms with Crippen molar-refractivity contribution < 1.29 is 19.7 Å². The molecule has 23 heavy (non-hydrogen) atoms. The van der Waals surface area contributed by atoms with Crippen molar-refractivity contribution >= 4 is 5.78 Å². The van der Waals surface area contributed by atoms with Gasteiger partial charge in [0.15, 0.2) is 0 Å². The smallest absolute Gasteiger partial charge is 0.142 e. The van der Waals surface area contributed by atoms with Gasteiger partial charge in [0.25, 0.3) is 0 Å². The number of Topliss-reactive ketones (excluding diaryl/α,β-unsaturated/α-hetero) is 1. The summed E-state index contributed by atoms with van der Waals surface area (Å²) in [7, 11) is 1.75. The Labute approximate surface area is 141 Å². The topological polar surface area (TPSA) is 66.8 Å². The van der Waals surface area contributed by atoms with Crippen LogP contribution in [0.15, 0.2) is 11.6 Å². The molecule has 136 valence electrons. The number of allylic oxidation sites excluding steroid dienone is 2. The maximum Gasteiger partial charge on any atom is 0.142 e. The third-order valence-corrected chi connectivity index (χ3v) is 4.43. The number of methoxy groups -OCH3 is 1. The molecule has 0 saturated carbocycles. The molecule has 0 radical (unpaired) electrons. The molecule has 4 heteroatoms. The first kappa shape index (κ1) is 22.3. The van der Waals surface area contributed by atoms with E-state index >= 15 is 0 Å². The lowest BCUT2D eigenvalue weighted by atomic mass is 9.90. The highest BCUT2D eigenvalue weighted by atomic mass is 16.5. The summed E-state index contributed by atoms with van der Waals surface area (Å²) in [5.41, 5.74) is 1.20. The van der Waals surface area contributed by atoms with Crippen LogP contribution in [0.5, 0.6) is 0 Å². The average Bonchev–Trinajstić information content (AvgIpc) is 2.49. The van der Waals surface area contributed by atoms with Crippen LogP contribution in [0.1, 0.15) is 66.7 Å². The van der Waals surface area contributed by atoms with Crippen molar-refractivity contribution in [2.24, 2.45) is 11.8 Å². The van der Waals surface area contributed by atoms with Crippen LogP contribution in [0.2, 0.25) is 0 Å². The van der Waals surface area contributed by atoms with E-state index in [0.717, 1.165) is 19.3 Å². The lowest BCUT2D eigenvalue weighted by molar-refractivity contribution is -0.125. The Kier molecular flexibility index (Phi) is 11.4. The first-order valence-electron chi connectivity index (χ1n) is 8.83. The van der Waals surface area contributed by atoms with Gasteiger partial charge in [-0.25, -0.2) is 0 Å². The normalized spacial score (nSPS) is 19.0. The third-order valence-electron chi connectivity index (χ3n) is 4.43. The Morgan fingerprint density at radius 2 is 1.74 bits per heavy atom. The minimum Gasteiger partial charge on any atom is -0.391 e. The Balaban J connectivity index is 4.62. The fourth-order valence-electron chi connectivity index (χ4n) is 2.89. The molecule has 0 aliphatic heterocycles. The molecule has 0 fully saturated rings. The van der Waals surface area contributed by atoms with E-state index in [1.54, 1.807) is 7.11 Å². The average molecular weight is 328 g/mol. The standard InChI is InChI=1S/C19H36O4/c1-7-16(19(22)12-18(21)15(5)20)10-13(3)9-14(4)11-17(8-2)23-6/h10,14-18,20-21H,7-9,11-12H2,1-6H3/b13-10+. The molecule has 0 aromatic rings. The molecular formula is C19H36O4. The molecule has 0 aliphatic carbocycles. The van der Waals surface area contributed by atoms with Crippen molar-refractivity contribution in [2.75, 3.05) is 7.11 Å². The van der Waals surface area contributed by atoms with Crippen LogP contribution in [0.3, 0.4) is 0 Å². The first-order valence-corrected chi connectivity index (χ1v) is 8.83. The van der Waals surface area contributed by atoms with Crippen LogP contribution in [0, 0.1) is 11.8 Å². The maximum atomic E-state index is 12.2. The summed E-state index contributed by atoms with van der Waals surface area (Å²) in [6, 6.07) is 0. The number of ether oxygens (including phenoxy) is 1. The predicted octanol–water partition coefficient (Wildman–Crippen LogP) is 3.50. The quantitative estimate of drug-likeness (QED) is 0.538. The fourth-order valence-corrected chi connectivity index (χ4v) is 2.89. The van der Waals surface area contributed by atoms with Gasteiger partial charge in [-0.15, -0.1) is 0 Å². The summed E-state index contributed by atoms with van der Waals surface area (Å²) in [5, 5.41) is 19.0. The molecule has 0 aromatic heterocycles. The predicted molar refractivity (Wildman–Crippen MR) is 94.3 cm³/mol. The second-order valence-electron chi connectivity index (χ2n) is 6.82. The molecule has 0 aromatic carbocycles. The summed E-state index contributed by atoms with van der Waals surface area (Å²) in [6.07, 6.45) is 4.18. The zero-order valence-corrected chi connectivity index (χ0v) is 15.7. The Bertz CT molecular complexity index is 358. The number of hydrogen-bond acceptors (Lipinski definition) is 4. The number of carbonyl (C=O) groups is 1. The molecule has 0 rings (SSSR count). The van der Waals surface area contributed by atoms with E-state index in [4.69, 9.17) is 4.74 Å². The summed E-state index contributed by atoms with van der Waals surface area (Å²) >= 11 is 0. The second kappa shape index (κ2) is 11.8. The molecule has 0 saturated heterocycles. The maximum absolute atomic E-state index is 12.2. The lowest BCUT2D eigenvalue weighted by Crippen LogP contribution is -2.28. The highest BCUT2D eigenvalue weighted by Gasteiger charge is 2.21. The summed E-state index contributed by atoms with van der Waals surface area (Å²) in [5.74, 6) is 0.322. The van der Waals surface area contributed by atoms with Crippen LogP contribution >= 0.6 is 0 Å². The van der Waals surface area contributed by atoms with Crippen LogP contribution in [0.25, 0.3) is 0 Å². The Hall–Kier alpha value is -0.710. The minimum atomic E-state index is -0.976. The summed E-state index contributed by atoms with van der Waals surface area (Å²) < 4.78 is 5.43. The second-order valence-corrected chi connectivity index (χ2v) is 6.82. The van der Waals surface area contributed by atoms with Crippen molar-refractivity contribution in [1.82, 2.24) is 0 Å². The van der Waals surface area contributed by atoms with Crippen molar-refractivity contribution in [3.8, 4) is 0 Å². The molecule has 0 spiro atoms. The summed E-state index contributed by atoms with van der Waals surface area (Å²) in [4.78, 5) is 12.2. The molecule has 0 bridgehead atoms. The van der Waals surface area contributed by atoms with Crippen LogP contribution in [-0.2, 0) is 9.53 Å². The molecule has 0 heterocycles. The van der Waals surface area contributed by atoms with E-state index in [-0.39, 0.29) is 18.1 Å². The van der Waals surface area contributed by atoms with Gasteiger partial charge in [0.2, 0.25) is 0 Å². The SMILES string of the molecule is CCC(CC(C)C/C(C)=C/C(CC)C(=O)CC(O)C(C)O)OC. The number of ketones is 1. The van der Waals surface area contributed by atoms with Crippen LogP contribution in [-0.4, -0.2) is 41.4 Å². The summed E-state index contributed by atoms with van der Waals surface area (Å²) in [6.45, 7) is 9.87. The van der Waals surface area contributed by atoms with Gasteiger partial charge >= 0.3 is 0 Å². The van der Waals surface area contributed by atoms with Gasteiger partial charge in [0.05, 0.1) is 18.3 Å². The highest BCUT2D eigenvalue weighted by Crippen LogP contribution is 2.22. The van der Waals surface area contributed by atoms with Crippen LogP contribution < -0.4 is 0 Å². The van der Waals surface area contributed by atoms with Gasteiger partial charge in [-0.3, -0.25) is 4.79 Å². The van der Waals surface area contributed by atoms with E-state index in [1.807, 2.05) is 13.0 Å². The molecule has 5 atom stereocenters. The zero-order chi connectivity index (χ0) is 18.0. The van der Waals surface area contributed by atoms with E-state index < -0.39 is 12.2 Å². The van der Waals surface area contributed by atoms with Crippen molar-refractivity contribution in [1.29, 1.82) is 0 Å². The molecule has 5 unspecified atom stereocenters. The van der Waals surface area contributed by atoms with Crippen molar-refractivity contribution in [3.05, 3.63) is 11.6 Å². The van der Waals surface area contributed by atoms with E-state index in [2.05, 4.69) is 20.8 Å². The molecule has 0 amide bonds. The largest absolute Gasteiger partial charge is 0.391 e. The zero-order valence-electron chi connectivity index (χ0n) is 15.7. The van der Waals surface area contributed by atoms with Gasteiger partial charge in [0, 0.05) is 19.4 Å². The third kappa shape index (κ3) is 9.23. The first-order chi connectivity index (χ1) is 10.7. The van der Waals surface area contributed by atoms with E-state index in [9.17, 15) is 15.0 Å². The van der Waals surface area contributed by atoms with E-state index in [1.165, 1.54) is 12.5 Å². The van der Waals surface area contributed by atoms with E-state index in [0.29, 0.717) is 18.4 Å². The highest BCUT2D eigenvalue weighted by molar-refractivity contribution is 5.83. The number of carbonyl (C=O) groups excluding carboxylic acids is 1. The van der Waals surface area contributed by atoms with Gasteiger partial charge in [-0.05, 0) is 45.4 Å². The molecule has 0 aliphatic rings. The number of rotatable bonds is 12. The monoisotopic (exact) mass is 328 g/mol. The Morgan fingerprint density at radius 3 is 2.17 bits per heavy atom. The van der Waals surface area contributed by atoms with Crippen molar-refractivity contribution in [2.45, 2.75) is 85.0 Å². The Morgan fingerprint density at radius 1 is 1.13 bits per heavy atom. The van der Waals surface area contributed by atoms with Gasteiger partial charge < -0.3 is 14.9 Å². The molecular weight excluding hydrogens is 292 g/mol. The van der Waals surface area contributed by atoms with Gasteiger partial charge in [-0.2, -0.15) is 0 Å². The molecule has 2 N–H and O–H groups in total. The molecule has 4 nitrogen and oxygen atoms in total.